The van der Waals surface area contributed by atoms with Gasteiger partial charge in [-0.25, -0.2) is 14.5 Å². The first-order valence-corrected chi connectivity index (χ1v) is 10.1. The number of hydrogen-bond acceptors (Lipinski definition) is 5. The Morgan fingerprint density at radius 1 is 1.14 bits per heavy atom. The summed E-state index contributed by atoms with van der Waals surface area (Å²) in [4.78, 5) is 36.4. The monoisotopic (exact) mass is 403 g/mol. The van der Waals surface area contributed by atoms with Gasteiger partial charge >= 0.3 is 0 Å². The fourth-order valence-corrected chi connectivity index (χ4v) is 4.34. The molecule has 0 aliphatic heterocycles. The van der Waals surface area contributed by atoms with Gasteiger partial charge < -0.3 is 0 Å². The first-order valence-electron chi connectivity index (χ1n) is 9.27. The molecule has 0 aliphatic rings. The van der Waals surface area contributed by atoms with E-state index in [4.69, 9.17) is 0 Å². The van der Waals surface area contributed by atoms with Gasteiger partial charge in [0.05, 0.1) is 24.0 Å². The largest absolute Gasteiger partial charge is 0.296 e. The third-order valence-electron chi connectivity index (χ3n) is 4.89. The van der Waals surface area contributed by atoms with E-state index in [2.05, 4.69) is 22.0 Å². The van der Waals surface area contributed by atoms with Gasteiger partial charge in [-0.1, -0.05) is 37.3 Å². The van der Waals surface area contributed by atoms with Crippen molar-refractivity contribution in [3.8, 4) is 11.1 Å². The number of aromatic amines is 1. The highest BCUT2D eigenvalue weighted by Crippen LogP contribution is 2.23. The first kappa shape index (κ1) is 17.6. The maximum atomic E-state index is 12.9. The van der Waals surface area contributed by atoms with Gasteiger partial charge in [-0.3, -0.25) is 19.3 Å². The lowest BCUT2D eigenvalue weighted by molar-refractivity contribution is 0.724. The fourth-order valence-electron chi connectivity index (χ4n) is 3.41. The van der Waals surface area contributed by atoms with E-state index in [9.17, 15) is 9.59 Å². The Hall–Kier alpha value is -3.52. The zero-order chi connectivity index (χ0) is 20.0. The maximum Gasteiger partial charge on any atom is 0.272 e. The molecule has 7 nitrogen and oxygen atoms in total. The second-order valence-corrected chi connectivity index (χ2v) is 7.88. The zero-order valence-electron chi connectivity index (χ0n) is 15.6. The molecule has 5 aromatic rings. The van der Waals surface area contributed by atoms with Crippen molar-refractivity contribution in [2.24, 2.45) is 0 Å². The Morgan fingerprint density at radius 3 is 2.76 bits per heavy atom. The smallest absolute Gasteiger partial charge is 0.272 e. The predicted octanol–water partition coefficient (Wildman–Crippen LogP) is 3.07. The molecule has 0 atom stereocenters. The van der Waals surface area contributed by atoms with Gasteiger partial charge in [-0.05, 0) is 18.1 Å². The van der Waals surface area contributed by atoms with Crippen LogP contribution in [0, 0.1) is 0 Å². The first-order chi connectivity index (χ1) is 14.1. The summed E-state index contributed by atoms with van der Waals surface area (Å²) in [7, 11) is 0. The molecule has 1 aromatic carbocycles. The van der Waals surface area contributed by atoms with E-state index in [1.165, 1.54) is 32.8 Å². The molecule has 0 unspecified atom stereocenters. The summed E-state index contributed by atoms with van der Waals surface area (Å²) >= 11 is 1.53. The summed E-state index contributed by atoms with van der Waals surface area (Å²) in [5.74, 6) is 0. The molecule has 5 rings (SSSR count). The van der Waals surface area contributed by atoms with Crippen molar-refractivity contribution in [2.45, 2.75) is 19.9 Å². The molecule has 0 fully saturated rings. The Balaban J connectivity index is 1.61. The SMILES string of the molecule is CCc1cc2c(=O)n(Cc3cc(=O)n4[nH]cc(-c5ccccc5)c4n3)cnc2s1. The molecule has 144 valence electrons. The Morgan fingerprint density at radius 2 is 1.97 bits per heavy atom. The van der Waals surface area contributed by atoms with Crippen molar-refractivity contribution >= 4 is 27.2 Å². The quantitative estimate of drug-likeness (QED) is 0.500. The molecule has 4 heterocycles. The molecule has 1 N–H and O–H groups in total. The molecule has 0 spiro atoms. The van der Waals surface area contributed by atoms with Crippen molar-refractivity contribution in [2.75, 3.05) is 0 Å². The van der Waals surface area contributed by atoms with Gasteiger partial charge in [0.2, 0.25) is 0 Å². The lowest BCUT2D eigenvalue weighted by atomic mass is 10.1. The summed E-state index contributed by atoms with van der Waals surface area (Å²) in [5, 5.41) is 3.56. The summed E-state index contributed by atoms with van der Waals surface area (Å²) in [6.45, 7) is 2.24. The Labute approximate surface area is 168 Å². The van der Waals surface area contributed by atoms with Crippen LogP contribution in [-0.4, -0.2) is 24.1 Å². The predicted molar refractivity (Wildman–Crippen MR) is 114 cm³/mol. The maximum absolute atomic E-state index is 12.9. The average molecular weight is 403 g/mol. The number of rotatable bonds is 4. The molecule has 0 saturated heterocycles. The third-order valence-corrected chi connectivity index (χ3v) is 6.07. The van der Waals surface area contributed by atoms with Crippen LogP contribution in [0.2, 0.25) is 0 Å². The zero-order valence-corrected chi connectivity index (χ0v) is 16.4. The van der Waals surface area contributed by atoms with E-state index < -0.39 is 0 Å². The molecule has 0 bridgehead atoms. The second kappa shape index (κ2) is 6.82. The number of benzene rings is 1. The van der Waals surface area contributed by atoms with Crippen molar-refractivity contribution in [1.82, 2.24) is 24.1 Å². The lowest BCUT2D eigenvalue weighted by Gasteiger charge is -2.06. The number of fused-ring (bicyclic) bond motifs is 2. The Bertz CT molecular complexity index is 1460. The molecule has 29 heavy (non-hydrogen) atoms. The number of aromatic nitrogens is 5. The number of thiophene rings is 1. The highest BCUT2D eigenvalue weighted by molar-refractivity contribution is 7.18. The summed E-state index contributed by atoms with van der Waals surface area (Å²) in [6.07, 6.45) is 4.16. The molecule has 0 saturated carbocycles. The second-order valence-electron chi connectivity index (χ2n) is 6.76. The molecule has 0 aliphatic carbocycles. The van der Waals surface area contributed by atoms with Crippen molar-refractivity contribution < 1.29 is 0 Å². The molecular weight excluding hydrogens is 386 g/mol. The minimum atomic E-state index is -0.224. The standard InChI is InChI=1S/C21H17N5O2S/c1-2-15-9-16-20(29-15)22-12-25(21(16)28)11-14-8-18(27)26-19(24-14)17(10-23-26)13-6-4-3-5-7-13/h3-10,12,23H,2,11H2,1H3. The minimum Gasteiger partial charge on any atom is -0.296 e. The third kappa shape index (κ3) is 2.98. The number of nitrogens with one attached hydrogen (secondary N) is 1. The topological polar surface area (TPSA) is 85.0 Å². The van der Waals surface area contributed by atoms with Gasteiger partial charge in [0, 0.05) is 22.7 Å². The van der Waals surface area contributed by atoms with E-state index in [1.54, 1.807) is 6.20 Å². The van der Waals surface area contributed by atoms with Gasteiger partial charge in [-0.2, -0.15) is 0 Å². The van der Waals surface area contributed by atoms with Crippen molar-refractivity contribution in [3.63, 3.8) is 0 Å². The van der Waals surface area contributed by atoms with E-state index >= 15 is 0 Å². The number of nitrogens with zero attached hydrogens (tertiary/aromatic N) is 4. The molecule has 0 amide bonds. The number of hydrogen-bond donors (Lipinski definition) is 1. The fraction of sp³-hybridized carbons (Fsp3) is 0.143. The van der Waals surface area contributed by atoms with Crippen molar-refractivity contribution in [1.29, 1.82) is 0 Å². The van der Waals surface area contributed by atoms with Crippen LogP contribution in [0.3, 0.4) is 0 Å². The normalized spacial score (nSPS) is 11.5. The van der Waals surface area contributed by atoms with E-state index in [0.29, 0.717) is 16.7 Å². The van der Waals surface area contributed by atoms with Crippen LogP contribution in [0.4, 0.5) is 0 Å². The number of aryl methyl sites for hydroxylation is 1. The van der Waals surface area contributed by atoms with Gasteiger partial charge in [0.25, 0.3) is 11.1 Å². The van der Waals surface area contributed by atoms with E-state index in [0.717, 1.165) is 27.3 Å². The molecular formula is C21H17N5O2S. The van der Waals surface area contributed by atoms with E-state index in [1.807, 2.05) is 36.4 Å². The molecule has 4 aromatic heterocycles. The van der Waals surface area contributed by atoms with Crippen LogP contribution in [0.1, 0.15) is 17.5 Å². The van der Waals surface area contributed by atoms with Gasteiger partial charge in [0.1, 0.15) is 4.83 Å². The van der Waals surface area contributed by atoms with Crippen LogP contribution in [0.15, 0.2) is 64.6 Å². The van der Waals surface area contributed by atoms with Crippen LogP contribution in [0.25, 0.3) is 27.0 Å². The van der Waals surface area contributed by atoms with Crippen LogP contribution < -0.4 is 11.1 Å². The highest BCUT2D eigenvalue weighted by atomic mass is 32.1. The van der Waals surface area contributed by atoms with E-state index in [-0.39, 0.29) is 17.7 Å². The van der Waals surface area contributed by atoms with Gasteiger partial charge in [-0.15, -0.1) is 11.3 Å². The van der Waals surface area contributed by atoms with Crippen LogP contribution in [0.5, 0.6) is 0 Å². The average Bonchev–Trinajstić information content (AvgIpc) is 3.35. The van der Waals surface area contributed by atoms with Crippen molar-refractivity contribution in [3.05, 3.63) is 86.3 Å². The number of H-pyrrole nitrogens is 1. The Kier molecular flexibility index (Phi) is 4.13. The highest BCUT2D eigenvalue weighted by Gasteiger charge is 2.13. The summed E-state index contributed by atoms with van der Waals surface area (Å²) < 4.78 is 2.91. The molecule has 0 radical (unpaired) electrons. The van der Waals surface area contributed by atoms with Crippen LogP contribution >= 0.6 is 11.3 Å². The summed E-state index contributed by atoms with van der Waals surface area (Å²) in [6, 6.07) is 13.1. The summed E-state index contributed by atoms with van der Waals surface area (Å²) in [5.41, 5.74) is 2.49. The lowest BCUT2D eigenvalue weighted by Crippen LogP contribution is -2.23. The minimum absolute atomic E-state index is 0.120. The van der Waals surface area contributed by atoms with Crippen LogP contribution in [-0.2, 0) is 13.0 Å². The van der Waals surface area contributed by atoms with Gasteiger partial charge in [0.15, 0.2) is 5.65 Å². The molecule has 8 heteroatoms.